The highest BCUT2D eigenvalue weighted by Crippen LogP contribution is 2.30. The van der Waals surface area contributed by atoms with E-state index in [1.165, 1.54) is 6.07 Å². The van der Waals surface area contributed by atoms with E-state index >= 15 is 0 Å². The zero-order valence-corrected chi connectivity index (χ0v) is 13.3. The van der Waals surface area contributed by atoms with Crippen LogP contribution in [0, 0.1) is 19.7 Å². The van der Waals surface area contributed by atoms with E-state index in [4.69, 9.17) is 0 Å². The van der Waals surface area contributed by atoms with Gasteiger partial charge in [0.2, 0.25) is 0 Å². The van der Waals surface area contributed by atoms with Gasteiger partial charge in [-0.3, -0.25) is 4.68 Å². The Morgan fingerprint density at radius 2 is 2.00 bits per heavy atom. The first-order valence-electron chi connectivity index (χ1n) is 7.62. The molecule has 0 aliphatic carbocycles. The Morgan fingerprint density at radius 3 is 2.67 bits per heavy atom. The fourth-order valence-corrected chi connectivity index (χ4v) is 2.73. The van der Waals surface area contributed by atoms with Gasteiger partial charge in [-0.15, -0.1) is 0 Å². The molecule has 4 heteroatoms. The van der Waals surface area contributed by atoms with Crippen molar-refractivity contribution in [1.29, 1.82) is 0 Å². The summed E-state index contributed by atoms with van der Waals surface area (Å²) in [6.07, 6.45) is 1.05. The summed E-state index contributed by atoms with van der Waals surface area (Å²) in [6.45, 7) is 10.8. The van der Waals surface area contributed by atoms with Crippen LogP contribution in [0.3, 0.4) is 0 Å². The van der Waals surface area contributed by atoms with Gasteiger partial charge in [-0.25, -0.2) is 4.39 Å². The van der Waals surface area contributed by atoms with Crippen LogP contribution >= 0.6 is 0 Å². The minimum absolute atomic E-state index is 0.192. The number of benzene rings is 1. The maximum Gasteiger partial charge on any atom is 0.123 e. The molecule has 0 bridgehead atoms. The fraction of sp³-hybridized carbons (Fsp3) is 0.471. The molecule has 0 spiro atoms. The van der Waals surface area contributed by atoms with Gasteiger partial charge in [0.1, 0.15) is 5.82 Å². The molecule has 3 nitrogen and oxygen atoms in total. The van der Waals surface area contributed by atoms with Gasteiger partial charge in [-0.05, 0) is 50.1 Å². The Hall–Kier alpha value is -1.68. The molecule has 1 heterocycles. The van der Waals surface area contributed by atoms with Crippen molar-refractivity contribution in [1.82, 2.24) is 15.1 Å². The molecule has 2 rings (SSSR count). The molecule has 1 aromatic heterocycles. The Kier molecular flexibility index (Phi) is 5.12. The molecule has 0 unspecified atom stereocenters. The van der Waals surface area contributed by atoms with Crippen LogP contribution in [-0.4, -0.2) is 16.3 Å². The molecule has 0 aliphatic rings. The first kappa shape index (κ1) is 15.7. The van der Waals surface area contributed by atoms with Crippen LogP contribution in [0.2, 0.25) is 0 Å². The number of nitrogens with zero attached hydrogens (tertiary/aromatic N) is 2. The van der Waals surface area contributed by atoms with Crippen LogP contribution in [-0.2, 0) is 13.1 Å². The third-order valence-corrected chi connectivity index (χ3v) is 3.72. The van der Waals surface area contributed by atoms with Crippen molar-refractivity contribution in [3.05, 3.63) is 41.0 Å². The second kappa shape index (κ2) is 6.85. The number of rotatable bonds is 6. The smallest absolute Gasteiger partial charge is 0.123 e. The molecule has 1 aromatic carbocycles. The molecule has 1 N–H and O–H groups in total. The predicted molar refractivity (Wildman–Crippen MR) is 84.8 cm³/mol. The topological polar surface area (TPSA) is 29.9 Å². The summed E-state index contributed by atoms with van der Waals surface area (Å²) in [5, 5.41) is 7.90. The van der Waals surface area contributed by atoms with Gasteiger partial charge in [0.05, 0.1) is 5.69 Å². The van der Waals surface area contributed by atoms with E-state index in [9.17, 15) is 4.39 Å². The second-order valence-electron chi connectivity index (χ2n) is 5.35. The second-order valence-corrected chi connectivity index (χ2v) is 5.35. The largest absolute Gasteiger partial charge is 0.313 e. The first-order chi connectivity index (χ1) is 10.1. The van der Waals surface area contributed by atoms with Crippen LogP contribution in [0.15, 0.2) is 18.2 Å². The van der Waals surface area contributed by atoms with Crippen molar-refractivity contribution in [3.8, 4) is 11.1 Å². The standard InChI is InChI=1S/C17H24FN3/c1-5-9-21-13(4)17(12(3)20-21)16-8-7-15(18)10-14(16)11-19-6-2/h7-8,10,19H,5-6,9,11H2,1-4H3. The number of aryl methyl sites for hydroxylation is 2. The Bertz CT molecular complexity index is 617. The number of nitrogens with one attached hydrogen (secondary N) is 1. The molecule has 2 aromatic rings. The van der Waals surface area contributed by atoms with Crippen molar-refractivity contribution in [2.75, 3.05) is 6.54 Å². The summed E-state index contributed by atoms with van der Waals surface area (Å²) in [4.78, 5) is 0. The molecule has 0 fully saturated rings. The van der Waals surface area contributed by atoms with Gasteiger partial charge in [0, 0.05) is 24.3 Å². The third kappa shape index (κ3) is 3.32. The molecule has 0 atom stereocenters. The Balaban J connectivity index is 2.50. The number of halogens is 1. The van der Waals surface area contributed by atoms with Crippen LogP contribution in [0.1, 0.15) is 37.2 Å². The van der Waals surface area contributed by atoms with Crippen molar-refractivity contribution in [2.24, 2.45) is 0 Å². The molecule has 0 amide bonds. The van der Waals surface area contributed by atoms with Gasteiger partial charge >= 0.3 is 0 Å². The van der Waals surface area contributed by atoms with Crippen LogP contribution in [0.25, 0.3) is 11.1 Å². The van der Waals surface area contributed by atoms with Crippen LogP contribution in [0.5, 0.6) is 0 Å². The lowest BCUT2D eigenvalue weighted by molar-refractivity contribution is 0.583. The first-order valence-corrected chi connectivity index (χ1v) is 7.62. The number of hydrogen-bond acceptors (Lipinski definition) is 2. The molecule has 21 heavy (non-hydrogen) atoms. The monoisotopic (exact) mass is 289 g/mol. The number of aromatic nitrogens is 2. The normalized spacial score (nSPS) is 11.1. The van der Waals surface area contributed by atoms with Gasteiger partial charge in [-0.2, -0.15) is 5.10 Å². The molecule has 114 valence electrons. The van der Waals surface area contributed by atoms with Gasteiger partial charge in [0.25, 0.3) is 0 Å². The number of hydrogen-bond donors (Lipinski definition) is 1. The van der Waals surface area contributed by atoms with Gasteiger partial charge < -0.3 is 5.32 Å². The molecular formula is C17H24FN3. The third-order valence-electron chi connectivity index (χ3n) is 3.72. The van der Waals surface area contributed by atoms with Crippen LogP contribution < -0.4 is 5.32 Å². The van der Waals surface area contributed by atoms with Crippen molar-refractivity contribution < 1.29 is 4.39 Å². The Labute approximate surface area is 126 Å². The van der Waals surface area contributed by atoms with Gasteiger partial charge in [-0.1, -0.05) is 19.9 Å². The summed E-state index contributed by atoms with van der Waals surface area (Å²) in [7, 11) is 0. The van der Waals surface area contributed by atoms with Gasteiger partial charge in [0.15, 0.2) is 0 Å². The lowest BCUT2D eigenvalue weighted by Gasteiger charge is -2.11. The fourth-order valence-electron chi connectivity index (χ4n) is 2.73. The molecule has 0 saturated carbocycles. The lowest BCUT2D eigenvalue weighted by Crippen LogP contribution is -2.13. The lowest BCUT2D eigenvalue weighted by atomic mass is 9.97. The highest BCUT2D eigenvalue weighted by molar-refractivity contribution is 5.71. The minimum Gasteiger partial charge on any atom is -0.313 e. The SMILES string of the molecule is CCCn1nc(C)c(-c2ccc(F)cc2CNCC)c1C. The summed E-state index contributed by atoms with van der Waals surface area (Å²) >= 11 is 0. The molecule has 0 saturated heterocycles. The maximum absolute atomic E-state index is 13.6. The molecule has 0 radical (unpaired) electrons. The van der Waals surface area contributed by atoms with E-state index in [-0.39, 0.29) is 5.82 Å². The zero-order chi connectivity index (χ0) is 15.4. The van der Waals surface area contributed by atoms with Crippen molar-refractivity contribution in [3.63, 3.8) is 0 Å². The zero-order valence-electron chi connectivity index (χ0n) is 13.3. The van der Waals surface area contributed by atoms with Crippen LogP contribution in [0.4, 0.5) is 4.39 Å². The highest BCUT2D eigenvalue weighted by atomic mass is 19.1. The van der Waals surface area contributed by atoms with E-state index in [1.807, 2.05) is 17.7 Å². The van der Waals surface area contributed by atoms with Crippen molar-refractivity contribution in [2.45, 2.75) is 47.2 Å². The summed E-state index contributed by atoms with van der Waals surface area (Å²) in [6, 6.07) is 5.02. The summed E-state index contributed by atoms with van der Waals surface area (Å²) in [5.74, 6) is -0.192. The van der Waals surface area contributed by atoms with E-state index in [1.54, 1.807) is 6.07 Å². The highest BCUT2D eigenvalue weighted by Gasteiger charge is 2.16. The van der Waals surface area contributed by atoms with E-state index in [0.717, 1.165) is 47.6 Å². The molecular weight excluding hydrogens is 265 g/mol. The average Bonchev–Trinajstić information content (AvgIpc) is 2.72. The maximum atomic E-state index is 13.6. The summed E-state index contributed by atoms with van der Waals surface area (Å²) < 4.78 is 15.6. The Morgan fingerprint density at radius 1 is 1.24 bits per heavy atom. The van der Waals surface area contributed by atoms with E-state index in [2.05, 4.69) is 31.2 Å². The molecule has 0 aliphatic heterocycles. The van der Waals surface area contributed by atoms with E-state index < -0.39 is 0 Å². The van der Waals surface area contributed by atoms with E-state index in [0.29, 0.717) is 6.54 Å². The quantitative estimate of drug-likeness (QED) is 0.876. The predicted octanol–water partition coefficient (Wildman–Crippen LogP) is 3.83. The minimum atomic E-state index is -0.192. The van der Waals surface area contributed by atoms with Crippen molar-refractivity contribution >= 4 is 0 Å². The average molecular weight is 289 g/mol. The summed E-state index contributed by atoms with van der Waals surface area (Å²) in [5.41, 5.74) is 5.36.